The van der Waals surface area contributed by atoms with Gasteiger partial charge in [-0.2, -0.15) is 0 Å². The van der Waals surface area contributed by atoms with Crippen molar-refractivity contribution in [3.05, 3.63) is 6.92 Å². The Morgan fingerprint density at radius 1 is 1.19 bits per heavy atom. The highest BCUT2D eigenvalue weighted by atomic mass is 28.4. The average molecular weight is 264 g/mol. The Morgan fingerprint density at radius 2 is 1.75 bits per heavy atom. The highest BCUT2D eigenvalue weighted by molar-refractivity contribution is 6.84. The third-order valence-corrected chi connectivity index (χ3v) is 8.02. The molecule has 0 amide bonds. The monoisotopic (exact) mass is 263 g/mol. The molecule has 97 valence electrons. The van der Waals surface area contributed by atoms with Gasteiger partial charge in [-0.15, -0.1) is 0 Å². The van der Waals surface area contributed by atoms with Crippen LogP contribution >= 0.6 is 0 Å². The summed E-state index contributed by atoms with van der Waals surface area (Å²) in [6, 6.07) is 0.744. The molecule has 0 aliphatic rings. The molecule has 0 saturated carbocycles. The van der Waals surface area contributed by atoms with E-state index in [-0.39, 0.29) is 0 Å². The highest BCUT2D eigenvalue weighted by Crippen LogP contribution is 2.20. The maximum absolute atomic E-state index is 9.83. The lowest BCUT2D eigenvalue weighted by Crippen LogP contribution is -2.44. The van der Waals surface area contributed by atoms with Gasteiger partial charge in [0, 0.05) is 6.61 Å². The molecule has 0 aromatic carbocycles. The lowest BCUT2D eigenvalue weighted by molar-refractivity contribution is 0.0465. The Hall–Kier alpha value is 0.314. The van der Waals surface area contributed by atoms with Gasteiger partial charge in [0.15, 0.2) is 16.6 Å². The maximum atomic E-state index is 9.83. The Bertz CT molecular complexity index is 190. The molecule has 16 heavy (non-hydrogen) atoms. The molecule has 0 fully saturated rings. The molecule has 1 unspecified atom stereocenters. The summed E-state index contributed by atoms with van der Waals surface area (Å²) < 4.78 is 11.4. The average Bonchev–Trinajstić information content (AvgIpc) is 1.98. The van der Waals surface area contributed by atoms with Gasteiger partial charge in [0.1, 0.15) is 0 Å². The Balaban J connectivity index is 3.95. The van der Waals surface area contributed by atoms with Gasteiger partial charge >= 0.3 is 0 Å². The fraction of sp³-hybridized carbons (Fsp3) is 0.909. The van der Waals surface area contributed by atoms with Crippen LogP contribution in [-0.2, 0) is 8.85 Å². The van der Waals surface area contributed by atoms with Crippen LogP contribution in [0.4, 0.5) is 0 Å². The van der Waals surface area contributed by atoms with Crippen molar-refractivity contribution in [1.29, 1.82) is 0 Å². The van der Waals surface area contributed by atoms with Crippen LogP contribution in [0.1, 0.15) is 6.42 Å². The molecule has 0 aromatic heterocycles. The second-order valence-corrected chi connectivity index (χ2v) is 14.7. The molecule has 0 aliphatic heterocycles. The van der Waals surface area contributed by atoms with Crippen LogP contribution in [0, 0.1) is 6.92 Å². The van der Waals surface area contributed by atoms with E-state index in [1.807, 2.05) is 0 Å². The first-order valence-electron chi connectivity index (χ1n) is 5.91. The molecule has 0 spiro atoms. The molecular formula is C11H27O3Si2. The second-order valence-electron chi connectivity index (χ2n) is 5.76. The van der Waals surface area contributed by atoms with Crippen LogP contribution in [0.25, 0.3) is 0 Å². The minimum absolute atomic E-state index is 0.399. The van der Waals surface area contributed by atoms with Crippen LogP contribution in [0.15, 0.2) is 0 Å². The van der Waals surface area contributed by atoms with Crippen molar-refractivity contribution in [2.75, 3.05) is 13.2 Å². The minimum Gasteiger partial charge on any atom is -0.456 e. The number of aliphatic hydroxyl groups is 1. The summed E-state index contributed by atoms with van der Waals surface area (Å²) in [6.45, 7) is 15.6. The Kier molecular flexibility index (Phi) is 7.04. The summed E-state index contributed by atoms with van der Waals surface area (Å²) >= 11 is 0. The van der Waals surface area contributed by atoms with Crippen molar-refractivity contribution in [3.8, 4) is 0 Å². The highest BCUT2D eigenvalue weighted by Gasteiger charge is 2.31. The van der Waals surface area contributed by atoms with E-state index in [1.165, 1.54) is 0 Å². The Morgan fingerprint density at radius 3 is 2.19 bits per heavy atom. The molecule has 0 saturated heterocycles. The van der Waals surface area contributed by atoms with Crippen molar-refractivity contribution in [1.82, 2.24) is 0 Å². The molecule has 0 heterocycles. The zero-order valence-electron chi connectivity index (χ0n) is 11.4. The maximum Gasteiger partial charge on any atom is 0.176 e. The molecule has 1 N–H and O–H groups in total. The first kappa shape index (κ1) is 16.3. The number of rotatable bonds is 8. The summed E-state index contributed by atoms with van der Waals surface area (Å²) in [4.78, 5) is 0. The van der Waals surface area contributed by atoms with Gasteiger partial charge in [-0.05, 0) is 45.2 Å². The van der Waals surface area contributed by atoms with Crippen molar-refractivity contribution in [2.45, 2.75) is 51.3 Å². The van der Waals surface area contributed by atoms with E-state index in [4.69, 9.17) is 8.85 Å². The van der Waals surface area contributed by atoms with Gasteiger partial charge < -0.3 is 14.0 Å². The molecular weight excluding hydrogens is 236 g/mol. The molecule has 0 rings (SSSR count). The quantitative estimate of drug-likeness (QED) is 0.540. The second kappa shape index (κ2) is 6.91. The van der Waals surface area contributed by atoms with Crippen molar-refractivity contribution >= 4 is 16.6 Å². The minimum atomic E-state index is -1.75. The Labute approximate surface area is 102 Å². The first-order chi connectivity index (χ1) is 7.16. The van der Waals surface area contributed by atoms with E-state index in [2.05, 4.69) is 39.7 Å². The summed E-state index contributed by atoms with van der Waals surface area (Å²) in [5.74, 6) is 0. The van der Waals surface area contributed by atoms with E-state index >= 15 is 0 Å². The van der Waals surface area contributed by atoms with Gasteiger partial charge in [0.2, 0.25) is 0 Å². The van der Waals surface area contributed by atoms with Crippen molar-refractivity contribution < 1.29 is 14.0 Å². The van der Waals surface area contributed by atoms with Gasteiger partial charge in [0.25, 0.3) is 0 Å². The lowest BCUT2D eigenvalue weighted by Gasteiger charge is -2.32. The summed E-state index contributed by atoms with van der Waals surface area (Å²) in [5, 5.41) is 9.83. The van der Waals surface area contributed by atoms with Crippen LogP contribution in [-0.4, -0.2) is 41.1 Å². The zero-order valence-corrected chi connectivity index (χ0v) is 13.4. The van der Waals surface area contributed by atoms with Crippen LogP contribution in [0.3, 0.4) is 0 Å². The fourth-order valence-electron chi connectivity index (χ4n) is 1.82. The van der Waals surface area contributed by atoms with Gasteiger partial charge in [-0.3, -0.25) is 0 Å². The number of hydrogen-bond donors (Lipinski definition) is 1. The largest absolute Gasteiger partial charge is 0.456 e. The summed E-state index contributed by atoms with van der Waals surface area (Å²) in [5.41, 5.74) is 0. The smallest absolute Gasteiger partial charge is 0.176 e. The van der Waals surface area contributed by atoms with Gasteiger partial charge in [-0.25, -0.2) is 0 Å². The van der Waals surface area contributed by atoms with Gasteiger partial charge in [0.05, 0.1) is 12.7 Å². The van der Waals surface area contributed by atoms with E-state index in [1.54, 1.807) is 0 Å². The number of hydrogen-bond acceptors (Lipinski definition) is 3. The third-order valence-electron chi connectivity index (χ3n) is 1.91. The normalized spacial score (nSPS) is 15.2. The van der Waals surface area contributed by atoms with E-state index in [0.29, 0.717) is 13.2 Å². The van der Waals surface area contributed by atoms with Crippen LogP contribution in [0.5, 0.6) is 0 Å². The van der Waals surface area contributed by atoms with E-state index in [9.17, 15) is 5.11 Å². The van der Waals surface area contributed by atoms with Crippen LogP contribution < -0.4 is 0 Å². The SMILES string of the molecule is [CH2]CCOCC(O)C[Si](C)(C)O[Si](C)(C)C. The summed E-state index contributed by atoms with van der Waals surface area (Å²) in [6.07, 6.45) is 0.350. The molecule has 0 aliphatic carbocycles. The molecule has 1 radical (unpaired) electrons. The zero-order chi connectivity index (χ0) is 12.8. The van der Waals surface area contributed by atoms with Crippen molar-refractivity contribution in [3.63, 3.8) is 0 Å². The molecule has 0 bridgehead atoms. The molecule has 3 nitrogen and oxygen atoms in total. The van der Waals surface area contributed by atoms with Crippen molar-refractivity contribution in [2.24, 2.45) is 0 Å². The fourth-order valence-corrected chi connectivity index (χ4v) is 10.0. The molecule has 5 heteroatoms. The topological polar surface area (TPSA) is 38.7 Å². The first-order valence-corrected chi connectivity index (χ1v) is 12.4. The molecule has 0 aromatic rings. The predicted octanol–water partition coefficient (Wildman–Crippen LogP) is 2.64. The van der Waals surface area contributed by atoms with E-state index < -0.39 is 22.7 Å². The van der Waals surface area contributed by atoms with Crippen LogP contribution in [0.2, 0.25) is 38.8 Å². The number of ether oxygens (including phenoxy) is 1. The number of aliphatic hydroxyl groups excluding tert-OH is 1. The lowest BCUT2D eigenvalue weighted by atomic mass is 10.4. The summed E-state index contributed by atoms with van der Waals surface area (Å²) in [7, 11) is -3.24. The standard InChI is InChI=1S/C11H27O3Si2/c1-7-8-13-9-11(12)10-16(5,6)14-15(2,3)4/h11-12H,1,7-10H2,2-6H3. The van der Waals surface area contributed by atoms with Gasteiger partial charge in [-0.1, -0.05) is 6.92 Å². The molecule has 1 atom stereocenters. The predicted molar refractivity (Wildman–Crippen MR) is 73.5 cm³/mol. The van der Waals surface area contributed by atoms with E-state index in [0.717, 1.165) is 12.5 Å². The third kappa shape index (κ3) is 9.53.